The van der Waals surface area contributed by atoms with Gasteiger partial charge in [-0.15, -0.1) is 9.13 Å². The highest BCUT2D eigenvalue weighted by Crippen LogP contribution is 2.20. The molecule has 0 radical (unpaired) electrons. The molecule has 0 spiro atoms. The second kappa shape index (κ2) is 4.50. The molecule has 20 heavy (non-hydrogen) atoms. The zero-order chi connectivity index (χ0) is 14.4. The van der Waals surface area contributed by atoms with Crippen LogP contribution in [-0.2, 0) is 14.1 Å². The van der Waals surface area contributed by atoms with E-state index in [0.717, 1.165) is 25.3 Å². The van der Waals surface area contributed by atoms with Crippen molar-refractivity contribution < 1.29 is 14.7 Å². The van der Waals surface area contributed by atoms with Crippen LogP contribution < -0.4 is 20.0 Å². The van der Waals surface area contributed by atoms with Gasteiger partial charge in [0.2, 0.25) is 0 Å². The molecule has 2 aromatic rings. The molecule has 1 saturated heterocycles. The molecule has 2 aromatic heterocycles. The average molecular weight is 279 g/mol. The lowest BCUT2D eigenvalue weighted by Crippen LogP contribution is -2.42. The third kappa shape index (κ3) is 1.76. The molecule has 0 amide bonds. The summed E-state index contributed by atoms with van der Waals surface area (Å²) < 4.78 is 2.81. The molecule has 1 fully saturated rings. The molecule has 7 nitrogen and oxygen atoms in total. The molecule has 0 aromatic carbocycles. The average Bonchev–Trinajstić information content (AvgIpc) is 2.88. The number of piperidine rings is 1. The largest absolute Gasteiger partial charge is 0.519 e. The van der Waals surface area contributed by atoms with Crippen LogP contribution in [0.15, 0.2) is 4.79 Å². The summed E-state index contributed by atoms with van der Waals surface area (Å²) in [6, 6.07) is 0.367. The Morgan fingerprint density at radius 2 is 2.20 bits per heavy atom. The minimum atomic E-state index is -0.234. The van der Waals surface area contributed by atoms with E-state index in [0.29, 0.717) is 17.2 Å². The van der Waals surface area contributed by atoms with Gasteiger partial charge in [0.15, 0.2) is 0 Å². The molecule has 0 saturated carbocycles. The van der Waals surface area contributed by atoms with Crippen LogP contribution in [0.2, 0.25) is 0 Å². The minimum absolute atomic E-state index is 0.0732. The van der Waals surface area contributed by atoms with Crippen LogP contribution in [0.25, 0.3) is 11.2 Å². The molecule has 1 atom stereocenters. The summed E-state index contributed by atoms with van der Waals surface area (Å²) in [6.45, 7) is 3.16. The highest BCUT2D eigenvalue weighted by Gasteiger charge is 2.31. The van der Waals surface area contributed by atoms with Crippen LogP contribution in [0.4, 0.5) is 5.95 Å². The fourth-order valence-corrected chi connectivity index (χ4v) is 2.95. The van der Waals surface area contributed by atoms with Crippen LogP contribution in [0.5, 0.6) is 6.01 Å². The van der Waals surface area contributed by atoms with Crippen LogP contribution in [0.1, 0.15) is 26.2 Å². The van der Waals surface area contributed by atoms with Gasteiger partial charge in [-0.2, -0.15) is 4.98 Å². The van der Waals surface area contributed by atoms with Gasteiger partial charge in [0, 0.05) is 12.6 Å². The molecule has 1 unspecified atom stereocenters. The monoisotopic (exact) mass is 279 g/mol. The number of aromatic amines is 2. The number of hydrogen-bond acceptors (Lipinski definition) is 3. The lowest BCUT2D eigenvalue weighted by molar-refractivity contribution is -0.690. The second-order valence-corrected chi connectivity index (χ2v) is 5.58. The summed E-state index contributed by atoms with van der Waals surface area (Å²) in [7, 11) is 3.28. The summed E-state index contributed by atoms with van der Waals surface area (Å²) in [5.41, 5.74) is 0.863. The highest BCUT2D eigenvalue weighted by atomic mass is 16.3. The topological polar surface area (TPSA) is 79.3 Å². The Bertz CT molecular complexity index is 718. The standard InChI is InChI=1S/C13H19N5O2/c1-8-6-4-5-7-18(8)12-14-9-10(15-12)16(2)13(20)17(3)11(9)19/h8H,4-7H2,1-3H3,(H,14,15,19)/p+2. The summed E-state index contributed by atoms with van der Waals surface area (Å²) in [4.78, 5) is 20.9. The van der Waals surface area contributed by atoms with Crippen molar-refractivity contribution in [2.45, 2.75) is 32.2 Å². The van der Waals surface area contributed by atoms with E-state index in [-0.39, 0.29) is 11.6 Å². The molecule has 108 valence electrons. The van der Waals surface area contributed by atoms with Crippen molar-refractivity contribution in [2.75, 3.05) is 11.4 Å². The number of hydrogen-bond donors (Lipinski definition) is 2. The van der Waals surface area contributed by atoms with E-state index < -0.39 is 0 Å². The third-order valence-electron chi connectivity index (χ3n) is 4.26. The van der Waals surface area contributed by atoms with Crippen molar-refractivity contribution in [3.05, 3.63) is 10.4 Å². The molecule has 3 heterocycles. The number of H-pyrrole nitrogens is 2. The van der Waals surface area contributed by atoms with E-state index in [1.54, 1.807) is 18.7 Å². The Balaban J connectivity index is 2.18. The van der Waals surface area contributed by atoms with Gasteiger partial charge in [0.05, 0.1) is 0 Å². The van der Waals surface area contributed by atoms with Crippen molar-refractivity contribution in [2.24, 2.45) is 14.1 Å². The van der Waals surface area contributed by atoms with Crippen LogP contribution in [0.3, 0.4) is 0 Å². The Hall–Kier alpha value is -2.05. The smallest absolute Gasteiger partial charge is 0.434 e. The van der Waals surface area contributed by atoms with Gasteiger partial charge in [-0.1, -0.05) is 0 Å². The number of fused-ring (bicyclic) bond motifs is 1. The lowest BCUT2D eigenvalue weighted by atomic mass is 10.0. The third-order valence-corrected chi connectivity index (χ3v) is 4.26. The minimum Gasteiger partial charge on any atom is -0.434 e. The predicted octanol–water partition coefficient (Wildman–Crippen LogP) is -0.410. The first kappa shape index (κ1) is 13.0. The first-order chi connectivity index (χ1) is 9.50. The van der Waals surface area contributed by atoms with E-state index in [2.05, 4.69) is 21.8 Å². The normalized spacial score (nSPS) is 19.8. The van der Waals surface area contributed by atoms with E-state index >= 15 is 0 Å². The maximum absolute atomic E-state index is 12.2. The molecular formula is C13H21N5O2+2. The number of anilines is 1. The van der Waals surface area contributed by atoms with Gasteiger partial charge >= 0.3 is 23.2 Å². The highest BCUT2D eigenvalue weighted by molar-refractivity contribution is 5.64. The number of aryl methyl sites for hydroxylation is 1. The summed E-state index contributed by atoms with van der Waals surface area (Å²) in [5, 5.41) is 9.94. The number of imidazole rings is 1. The van der Waals surface area contributed by atoms with E-state index in [1.807, 2.05) is 0 Å². The number of nitrogens with zero attached hydrogens (tertiary/aromatic N) is 3. The van der Waals surface area contributed by atoms with Crippen molar-refractivity contribution in [3.8, 4) is 6.01 Å². The predicted molar refractivity (Wildman–Crippen MR) is 73.6 cm³/mol. The molecule has 0 aliphatic carbocycles. The van der Waals surface area contributed by atoms with Crippen molar-refractivity contribution in [1.29, 1.82) is 0 Å². The van der Waals surface area contributed by atoms with Crippen molar-refractivity contribution in [3.63, 3.8) is 0 Å². The quantitative estimate of drug-likeness (QED) is 0.697. The first-order valence-electron chi connectivity index (χ1n) is 7.00. The summed E-state index contributed by atoms with van der Waals surface area (Å²) in [5.74, 6) is 0.838. The maximum Gasteiger partial charge on any atom is 0.519 e. The van der Waals surface area contributed by atoms with Crippen LogP contribution >= 0.6 is 0 Å². The van der Waals surface area contributed by atoms with Crippen LogP contribution in [-0.4, -0.2) is 27.2 Å². The summed E-state index contributed by atoms with van der Waals surface area (Å²) >= 11 is 0. The Labute approximate surface area is 116 Å². The number of nitrogens with one attached hydrogen (secondary N) is 2. The first-order valence-corrected chi connectivity index (χ1v) is 7.00. The zero-order valence-electron chi connectivity index (χ0n) is 12.1. The van der Waals surface area contributed by atoms with E-state index in [1.165, 1.54) is 11.0 Å². The molecule has 1 aliphatic heterocycles. The van der Waals surface area contributed by atoms with Gasteiger partial charge in [-0.05, 0) is 26.2 Å². The molecule has 7 heteroatoms. The van der Waals surface area contributed by atoms with E-state index in [4.69, 9.17) is 0 Å². The van der Waals surface area contributed by atoms with Crippen LogP contribution in [0, 0.1) is 0 Å². The van der Waals surface area contributed by atoms with Gasteiger partial charge in [0.1, 0.15) is 14.1 Å². The molecule has 3 rings (SSSR count). The van der Waals surface area contributed by atoms with Crippen molar-refractivity contribution in [1.82, 2.24) is 9.55 Å². The molecule has 3 N–H and O–H groups in total. The Morgan fingerprint density at radius 3 is 2.90 bits per heavy atom. The molecule has 1 aliphatic rings. The molecular weight excluding hydrogens is 258 g/mol. The van der Waals surface area contributed by atoms with Gasteiger partial charge in [-0.3, -0.25) is 4.98 Å². The van der Waals surface area contributed by atoms with E-state index in [9.17, 15) is 9.90 Å². The number of aromatic nitrogens is 4. The maximum atomic E-state index is 12.2. The SMILES string of the molecule is CC1CCCCN1c1[nH]c2c(=O)n(C)c(O)[n+](C)c2[nH+]1. The zero-order valence-corrected chi connectivity index (χ0v) is 12.1. The molecule has 0 bridgehead atoms. The van der Waals surface area contributed by atoms with Gasteiger partial charge < -0.3 is 10.0 Å². The fraction of sp³-hybridized carbons (Fsp3) is 0.615. The Kier molecular flexibility index (Phi) is 2.92. The second-order valence-electron chi connectivity index (χ2n) is 5.58. The number of rotatable bonds is 1. The Morgan fingerprint density at radius 1 is 1.45 bits per heavy atom. The number of aromatic hydroxyl groups is 1. The summed E-state index contributed by atoms with van der Waals surface area (Å²) in [6.07, 6.45) is 3.55. The van der Waals surface area contributed by atoms with Gasteiger partial charge in [0.25, 0.3) is 5.52 Å². The fourth-order valence-electron chi connectivity index (χ4n) is 2.95. The van der Waals surface area contributed by atoms with Gasteiger partial charge in [-0.25, -0.2) is 4.79 Å². The lowest BCUT2D eigenvalue weighted by Gasteiger charge is -2.31. The van der Waals surface area contributed by atoms with Crippen molar-refractivity contribution >= 4 is 17.1 Å².